The van der Waals surface area contributed by atoms with E-state index in [-0.39, 0.29) is 11.5 Å². The first kappa shape index (κ1) is 15.8. The van der Waals surface area contributed by atoms with Crippen molar-refractivity contribution in [2.24, 2.45) is 0 Å². The zero-order valence-electron chi connectivity index (χ0n) is 13.5. The molecule has 0 atom stereocenters. The molecule has 0 fully saturated rings. The Labute approximate surface area is 147 Å². The van der Waals surface area contributed by atoms with Gasteiger partial charge in [0.15, 0.2) is 0 Å². The zero-order chi connectivity index (χ0) is 18.1. The van der Waals surface area contributed by atoms with E-state index in [0.717, 1.165) is 0 Å². The number of amides is 1. The Morgan fingerprint density at radius 2 is 2.15 bits per heavy atom. The molecule has 0 unspecified atom stereocenters. The molecule has 0 aliphatic carbocycles. The number of ether oxygens (including phenoxy) is 1. The number of fused-ring (bicyclic) bond motifs is 1. The van der Waals surface area contributed by atoms with Gasteiger partial charge in [0.25, 0.3) is 5.91 Å². The Hall–Kier alpha value is -3.68. The number of carbonyl (C=O) groups excluding carboxylic acids is 1. The topological polar surface area (TPSA) is 117 Å². The highest BCUT2D eigenvalue weighted by atomic mass is 16.5. The lowest BCUT2D eigenvalue weighted by Gasteiger charge is -2.08. The first-order valence-electron chi connectivity index (χ1n) is 7.91. The summed E-state index contributed by atoms with van der Waals surface area (Å²) in [5, 5.41) is 12.6. The van der Waals surface area contributed by atoms with Gasteiger partial charge in [0.05, 0.1) is 35.1 Å². The van der Waals surface area contributed by atoms with Gasteiger partial charge in [-0.05, 0) is 12.1 Å². The highest BCUT2D eigenvalue weighted by Gasteiger charge is 2.18. The van der Waals surface area contributed by atoms with Crippen molar-refractivity contribution < 1.29 is 19.4 Å². The van der Waals surface area contributed by atoms with E-state index in [2.05, 4.69) is 20.3 Å². The van der Waals surface area contributed by atoms with Gasteiger partial charge in [0.2, 0.25) is 0 Å². The van der Waals surface area contributed by atoms with Crippen LogP contribution in [0.25, 0.3) is 22.3 Å². The van der Waals surface area contributed by atoms with Crippen LogP contribution in [0.5, 0.6) is 0 Å². The predicted octanol–water partition coefficient (Wildman–Crippen LogP) is 2.57. The van der Waals surface area contributed by atoms with Gasteiger partial charge in [0, 0.05) is 23.9 Å². The minimum absolute atomic E-state index is 0.0956. The van der Waals surface area contributed by atoms with Crippen molar-refractivity contribution in [1.29, 1.82) is 0 Å². The molecule has 1 aliphatic rings. The van der Waals surface area contributed by atoms with Crippen LogP contribution in [-0.4, -0.2) is 38.5 Å². The van der Waals surface area contributed by atoms with Crippen molar-refractivity contribution in [3.05, 3.63) is 54.2 Å². The number of aromatic nitrogens is 3. The maximum Gasteiger partial charge on any atom is 0.338 e. The highest BCUT2D eigenvalue weighted by Crippen LogP contribution is 2.29. The molecule has 2 aromatic heterocycles. The van der Waals surface area contributed by atoms with Crippen LogP contribution in [0, 0.1) is 0 Å². The molecule has 3 heterocycles. The van der Waals surface area contributed by atoms with Crippen molar-refractivity contribution in [2.75, 3.05) is 11.9 Å². The van der Waals surface area contributed by atoms with Crippen molar-refractivity contribution in [2.45, 2.75) is 6.42 Å². The van der Waals surface area contributed by atoms with Gasteiger partial charge in [0.1, 0.15) is 12.0 Å². The maximum absolute atomic E-state index is 12.2. The monoisotopic (exact) mass is 350 g/mol. The molecule has 4 rings (SSSR count). The fourth-order valence-electron chi connectivity index (χ4n) is 2.86. The number of anilines is 1. The number of H-pyrrole nitrogens is 1. The van der Waals surface area contributed by atoms with E-state index in [0.29, 0.717) is 46.6 Å². The Kier molecular flexibility index (Phi) is 3.85. The van der Waals surface area contributed by atoms with E-state index < -0.39 is 5.97 Å². The van der Waals surface area contributed by atoms with Crippen LogP contribution in [0.2, 0.25) is 0 Å². The molecule has 0 radical (unpaired) electrons. The first-order valence-corrected chi connectivity index (χ1v) is 7.91. The van der Waals surface area contributed by atoms with Crippen molar-refractivity contribution in [3.8, 4) is 11.3 Å². The smallest absolute Gasteiger partial charge is 0.338 e. The number of carbonyl (C=O) groups is 2. The number of aromatic carboxylic acids is 1. The van der Waals surface area contributed by atoms with Crippen LogP contribution >= 0.6 is 0 Å². The van der Waals surface area contributed by atoms with Gasteiger partial charge in [-0.25, -0.2) is 14.8 Å². The Balaban J connectivity index is 1.73. The Bertz CT molecular complexity index is 1050. The lowest BCUT2D eigenvalue weighted by Crippen LogP contribution is -2.13. The van der Waals surface area contributed by atoms with Crippen LogP contribution in [0.1, 0.15) is 16.8 Å². The second-order valence-corrected chi connectivity index (χ2v) is 5.75. The summed E-state index contributed by atoms with van der Waals surface area (Å²) in [6.45, 7) is 0.507. The lowest BCUT2D eigenvalue weighted by molar-refractivity contribution is -0.112. The minimum atomic E-state index is -1.06. The number of nitrogens with zero attached hydrogens (tertiary/aromatic N) is 2. The summed E-state index contributed by atoms with van der Waals surface area (Å²) < 4.78 is 5.08. The van der Waals surface area contributed by atoms with Gasteiger partial charge in [-0.15, -0.1) is 0 Å². The van der Waals surface area contributed by atoms with E-state index in [1.807, 2.05) is 0 Å². The molecule has 1 amide bonds. The van der Waals surface area contributed by atoms with Crippen LogP contribution < -0.4 is 5.32 Å². The second kappa shape index (κ2) is 6.32. The van der Waals surface area contributed by atoms with Crippen molar-refractivity contribution in [3.63, 3.8) is 0 Å². The van der Waals surface area contributed by atoms with Crippen LogP contribution in [0.15, 0.2) is 48.6 Å². The third kappa shape index (κ3) is 2.77. The van der Waals surface area contributed by atoms with E-state index in [9.17, 15) is 14.7 Å². The number of rotatable bonds is 4. The summed E-state index contributed by atoms with van der Waals surface area (Å²) in [6.07, 6.45) is 4.80. The molecule has 0 spiro atoms. The van der Waals surface area contributed by atoms with E-state index in [1.54, 1.807) is 24.3 Å². The molecule has 1 aliphatic heterocycles. The molecule has 0 bridgehead atoms. The van der Waals surface area contributed by atoms with Gasteiger partial charge in [-0.2, -0.15) is 0 Å². The molecule has 26 heavy (non-hydrogen) atoms. The summed E-state index contributed by atoms with van der Waals surface area (Å²) in [7, 11) is 0. The molecular weight excluding hydrogens is 336 g/mol. The predicted molar refractivity (Wildman–Crippen MR) is 93.6 cm³/mol. The quantitative estimate of drug-likeness (QED) is 0.666. The summed E-state index contributed by atoms with van der Waals surface area (Å²) in [6, 6.07) is 7.07. The van der Waals surface area contributed by atoms with Crippen LogP contribution in [0.4, 0.5) is 5.69 Å². The standard InChI is InChI=1S/C18H14N4O4/c23-17(11-4-5-26-8-11)22-12-3-1-2-10(6-12)15-14-13(18(24)25)7-19-16(14)21-9-20-15/h1-3,6-9H,4-5H2,(H,22,23)(H,24,25)(H,19,20,21). The van der Waals surface area contributed by atoms with Crippen molar-refractivity contribution >= 4 is 28.6 Å². The summed E-state index contributed by atoms with van der Waals surface area (Å²) in [4.78, 5) is 34.8. The molecule has 8 heteroatoms. The maximum atomic E-state index is 12.2. The molecule has 3 N–H and O–H groups in total. The van der Waals surface area contributed by atoms with Gasteiger partial charge < -0.3 is 20.1 Å². The average molecular weight is 350 g/mol. The van der Waals surface area contributed by atoms with E-state index >= 15 is 0 Å². The fourth-order valence-corrected chi connectivity index (χ4v) is 2.86. The highest BCUT2D eigenvalue weighted by molar-refractivity contribution is 6.08. The molecule has 130 valence electrons. The largest absolute Gasteiger partial charge is 0.500 e. The SMILES string of the molecule is O=C(Nc1cccc(-c2ncnc3[nH]cc(C(=O)O)c23)c1)C1=COCC1. The number of carboxylic acid groups (broad SMARTS) is 1. The number of benzene rings is 1. The molecule has 0 saturated heterocycles. The van der Waals surface area contributed by atoms with E-state index in [4.69, 9.17) is 4.74 Å². The van der Waals surface area contributed by atoms with Crippen LogP contribution in [0.3, 0.4) is 0 Å². The third-order valence-electron chi connectivity index (χ3n) is 4.10. The zero-order valence-corrected chi connectivity index (χ0v) is 13.5. The summed E-state index contributed by atoms with van der Waals surface area (Å²) in [5.74, 6) is -1.29. The second-order valence-electron chi connectivity index (χ2n) is 5.75. The van der Waals surface area contributed by atoms with Gasteiger partial charge in [-0.3, -0.25) is 4.79 Å². The fraction of sp³-hybridized carbons (Fsp3) is 0.111. The molecule has 3 aromatic rings. The summed E-state index contributed by atoms with van der Waals surface area (Å²) in [5.41, 5.74) is 2.86. The average Bonchev–Trinajstić information content (AvgIpc) is 3.31. The van der Waals surface area contributed by atoms with E-state index in [1.165, 1.54) is 18.8 Å². The number of hydrogen-bond donors (Lipinski definition) is 3. The number of carboxylic acids is 1. The third-order valence-corrected chi connectivity index (χ3v) is 4.10. The normalized spacial score (nSPS) is 13.3. The lowest BCUT2D eigenvalue weighted by atomic mass is 10.1. The molecule has 0 saturated carbocycles. The number of hydrogen-bond acceptors (Lipinski definition) is 5. The summed E-state index contributed by atoms with van der Waals surface area (Å²) >= 11 is 0. The van der Waals surface area contributed by atoms with Gasteiger partial charge >= 0.3 is 5.97 Å². The first-order chi connectivity index (χ1) is 12.6. The Morgan fingerprint density at radius 3 is 2.92 bits per heavy atom. The molecule has 1 aromatic carbocycles. The van der Waals surface area contributed by atoms with Gasteiger partial charge in [-0.1, -0.05) is 12.1 Å². The minimum Gasteiger partial charge on any atom is -0.500 e. The van der Waals surface area contributed by atoms with Crippen LogP contribution in [-0.2, 0) is 9.53 Å². The molecule has 8 nitrogen and oxygen atoms in total. The Morgan fingerprint density at radius 1 is 1.27 bits per heavy atom. The number of nitrogens with one attached hydrogen (secondary N) is 2. The van der Waals surface area contributed by atoms with Crippen molar-refractivity contribution in [1.82, 2.24) is 15.0 Å². The molecular formula is C18H14N4O4. The number of aromatic amines is 1.